The van der Waals surface area contributed by atoms with Gasteiger partial charge >= 0.3 is 0 Å². The molecule has 0 bridgehead atoms. The predicted octanol–water partition coefficient (Wildman–Crippen LogP) is 2.20. The minimum Gasteiger partial charge on any atom is -0.334 e. The topological polar surface area (TPSA) is 56.1 Å². The summed E-state index contributed by atoms with van der Waals surface area (Å²) < 4.78 is 13.1. The third-order valence-electron chi connectivity index (χ3n) is 3.59. The molecule has 1 fully saturated rings. The highest BCUT2D eigenvalue weighted by Crippen LogP contribution is 2.22. The van der Waals surface area contributed by atoms with Crippen molar-refractivity contribution in [2.75, 3.05) is 20.1 Å². The number of amides is 1. The zero-order valence-corrected chi connectivity index (χ0v) is 11.9. The van der Waals surface area contributed by atoms with Crippen molar-refractivity contribution in [2.45, 2.75) is 18.4 Å². The van der Waals surface area contributed by atoms with Gasteiger partial charge in [0.2, 0.25) is 0 Å². The smallest absolute Gasteiger partial charge is 0.252 e. The number of hydrogen-bond donors (Lipinski definition) is 1. The van der Waals surface area contributed by atoms with Crippen LogP contribution in [-0.2, 0) is 0 Å². The van der Waals surface area contributed by atoms with Crippen LogP contribution in [0.25, 0.3) is 0 Å². The van der Waals surface area contributed by atoms with Crippen molar-refractivity contribution in [2.24, 2.45) is 0 Å². The molecule has 1 amide bonds. The fourth-order valence-electron chi connectivity index (χ4n) is 2.19. The normalized spacial score (nSPS) is 18.3. The summed E-state index contributed by atoms with van der Waals surface area (Å²) in [4.78, 5) is 14.3. The maximum absolute atomic E-state index is 13.1. The van der Waals surface area contributed by atoms with Crippen molar-refractivity contribution in [1.29, 1.82) is 5.26 Å². The number of nitrogens with one attached hydrogen (secondary N) is 1. The molecule has 2 rings (SSSR count). The molecule has 1 aromatic carbocycles. The van der Waals surface area contributed by atoms with E-state index < -0.39 is 17.3 Å². The number of nitrogens with zero attached hydrogens (tertiary/aromatic N) is 2. The number of benzene rings is 1. The SMILES string of the molecule is CN1CCC(C#N)(NC(=O)c2ccc(F)c(Cl)c2)CC1. The Balaban J connectivity index is 2.13. The number of likely N-dealkylation sites (tertiary alicyclic amines) is 1. The second kappa shape index (κ2) is 5.78. The van der Waals surface area contributed by atoms with Crippen LogP contribution >= 0.6 is 11.6 Å². The summed E-state index contributed by atoms with van der Waals surface area (Å²) in [5.41, 5.74) is -0.602. The van der Waals surface area contributed by atoms with Crippen LogP contribution in [0, 0.1) is 17.1 Å². The van der Waals surface area contributed by atoms with Crippen LogP contribution in [0.15, 0.2) is 18.2 Å². The fourth-order valence-corrected chi connectivity index (χ4v) is 2.37. The summed E-state index contributed by atoms with van der Waals surface area (Å²) in [5.74, 6) is -0.976. The van der Waals surface area contributed by atoms with E-state index in [0.717, 1.165) is 19.2 Å². The Kier molecular flexibility index (Phi) is 4.26. The Morgan fingerprint density at radius 3 is 2.70 bits per heavy atom. The van der Waals surface area contributed by atoms with E-state index in [2.05, 4.69) is 16.3 Å². The average molecular weight is 296 g/mol. The lowest BCUT2D eigenvalue weighted by Crippen LogP contribution is -2.53. The minimum atomic E-state index is -0.857. The monoisotopic (exact) mass is 295 g/mol. The summed E-state index contributed by atoms with van der Waals surface area (Å²) >= 11 is 5.66. The molecular formula is C14H15ClFN3O. The van der Waals surface area contributed by atoms with Crippen LogP contribution in [0.3, 0.4) is 0 Å². The Hall–Kier alpha value is -1.64. The van der Waals surface area contributed by atoms with Gasteiger partial charge in [-0.3, -0.25) is 4.79 Å². The van der Waals surface area contributed by atoms with Crippen LogP contribution in [0.4, 0.5) is 4.39 Å². The molecule has 0 unspecified atom stereocenters. The van der Waals surface area contributed by atoms with Crippen LogP contribution < -0.4 is 5.32 Å². The zero-order chi connectivity index (χ0) is 14.8. The first-order chi connectivity index (χ1) is 9.46. The molecule has 0 aromatic heterocycles. The van der Waals surface area contributed by atoms with Gasteiger partial charge in [0.05, 0.1) is 11.1 Å². The van der Waals surface area contributed by atoms with Crippen LogP contribution in [0.1, 0.15) is 23.2 Å². The Labute approximate surface area is 122 Å². The highest BCUT2D eigenvalue weighted by atomic mass is 35.5. The van der Waals surface area contributed by atoms with Crippen molar-refractivity contribution >= 4 is 17.5 Å². The second-order valence-electron chi connectivity index (χ2n) is 5.08. The van der Waals surface area contributed by atoms with Crippen LogP contribution in [-0.4, -0.2) is 36.5 Å². The quantitative estimate of drug-likeness (QED) is 0.910. The first-order valence-corrected chi connectivity index (χ1v) is 6.71. The van der Waals surface area contributed by atoms with E-state index in [-0.39, 0.29) is 10.6 Å². The van der Waals surface area contributed by atoms with E-state index in [4.69, 9.17) is 11.6 Å². The second-order valence-corrected chi connectivity index (χ2v) is 5.49. The predicted molar refractivity (Wildman–Crippen MR) is 74.0 cm³/mol. The van der Waals surface area contributed by atoms with E-state index in [1.165, 1.54) is 12.1 Å². The summed E-state index contributed by atoms with van der Waals surface area (Å²) in [6.45, 7) is 1.50. The largest absolute Gasteiger partial charge is 0.334 e. The highest BCUT2D eigenvalue weighted by Gasteiger charge is 2.35. The molecule has 20 heavy (non-hydrogen) atoms. The average Bonchev–Trinajstić information content (AvgIpc) is 2.44. The molecule has 0 atom stereocenters. The number of carbonyl (C=O) groups excluding carboxylic acids is 1. The molecule has 4 nitrogen and oxygen atoms in total. The fraction of sp³-hybridized carbons (Fsp3) is 0.429. The van der Waals surface area contributed by atoms with Gasteiger partial charge < -0.3 is 10.2 Å². The molecule has 0 spiro atoms. The number of rotatable bonds is 2. The van der Waals surface area contributed by atoms with Crippen molar-refractivity contribution in [1.82, 2.24) is 10.2 Å². The molecule has 106 valence electrons. The lowest BCUT2D eigenvalue weighted by molar-refractivity contribution is 0.0882. The number of hydrogen-bond acceptors (Lipinski definition) is 3. The van der Waals surface area contributed by atoms with Crippen LogP contribution in [0.2, 0.25) is 5.02 Å². The number of nitriles is 1. The molecule has 0 radical (unpaired) electrons. The number of piperidine rings is 1. The lowest BCUT2D eigenvalue weighted by atomic mass is 9.89. The maximum atomic E-state index is 13.1. The third kappa shape index (κ3) is 3.09. The summed E-state index contributed by atoms with van der Waals surface area (Å²) in [6, 6.07) is 5.97. The summed E-state index contributed by atoms with van der Waals surface area (Å²) in [6.07, 6.45) is 1.14. The van der Waals surface area contributed by atoms with Gasteiger partial charge in [-0.15, -0.1) is 0 Å². The van der Waals surface area contributed by atoms with Gasteiger partial charge in [0, 0.05) is 18.7 Å². The van der Waals surface area contributed by atoms with Crippen molar-refractivity contribution in [3.63, 3.8) is 0 Å². The van der Waals surface area contributed by atoms with Crippen molar-refractivity contribution in [3.8, 4) is 6.07 Å². The van der Waals surface area contributed by atoms with E-state index >= 15 is 0 Å². The first-order valence-electron chi connectivity index (χ1n) is 6.33. The number of halogens is 2. The Morgan fingerprint density at radius 2 is 2.15 bits per heavy atom. The highest BCUT2D eigenvalue weighted by molar-refractivity contribution is 6.31. The first kappa shape index (κ1) is 14.8. The molecule has 1 heterocycles. The van der Waals surface area contributed by atoms with E-state index in [9.17, 15) is 14.4 Å². The molecule has 1 N–H and O–H groups in total. The van der Waals surface area contributed by atoms with E-state index in [0.29, 0.717) is 12.8 Å². The molecular weight excluding hydrogens is 281 g/mol. The molecule has 1 aliphatic heterocycles. The Morgan fingerprint density at radius 1 is 1.50 bits per heavy atom. The van der Waals surface area contributed by atoms with Gasteiger partial charge in [-0.25, -0.2) is 4.39 Å². The number of carbonyl (C=O) groups is 1. The van der Waals surface area contributed by atoms with Crippen LogP contribution in [0.5, 0.6) is 0 Å². The van der Waals surface area contributed by atoms with Crippen molar-refractivity contribution < 1.29 is 9.18 Å². The van der Waals surface area contributed by atoms with E-state index in [1.807, 2.05) is 7.05 Å². The zero-order valence-electron chi connectivity index (χ0n) is 11.1. The molecule has 6 heteroatoms. The lowest BCUT2D eigenvalue weighted by Gasteiger charge is -2.36. The van der Waals surface area contributed by atoms with Gasteiger partial charge in [0.25, 0.3) is 5.91 Å². The van der Waals surface area contributed by atoms with Gasteiger partial charge in [-0.1, -0.05) is 11.6 Å². The van der Waals surface area contributed by atoms with Gasteiger partial charge in [-0.05, 0) is 38.1 Å². The molecule has 0 saturated carbocycles. The molecule has 1 aliphatic rings. The van der Waals surface area contributed by atoms with Gasteiger partial charge in [0.1, 0.15) is 11.4 Å². The minimum absolute atomic E-state index is 0.105. The van der Waals surface area contributed by atoms with Gasteiger partial charge in [0.15, 0.2) is 0 Å². The summed E-state index contributed by atoms with van der Waals surface area (Å²) in [5, 5.41) is 12.0. The molecule has 0 aliphatic carbocycles. The molecule has 1 aromatic rings. The summed E-state index contributed by atoms with van der Waals surface area (Å²) in [7, 11) is 1.98. The van der Waals surface area contributed by atoms with Gasteiger partial charge in [-0.2, -0.15) is 5.26 Å². The van der Waals surface area contributed by atoms with E-state index in [1.54, 1.807) is 0 Å². The Bertz CT molecular complexity index is 562. The maximum Gasteiger partial charge on any atom is 0.252 e. The van der Waals surface area contributed by atoms with Crippen molar-refractivity contribution in [3.05, 3.63) is 34.6 Å². The standard InChI is InChI=1S/C14H15ClFN3O/c1-19-6-4-14(9-17,5-7-19)18-13(20)10-2-3-12(16)11(15)8-10/h2-3,8H,4-7H2,1H3,(H,18,20). The third-order valence-corrected chi connectivity index (χ3v) is 3.88. The molecule has 1 saturated heterocycles.